The van der Waals surface area contributed by atoms with Crippen molar-refractivity contribution in [3.8, 4) is 11.1 Å². The molecule has 1 unspecified atom stereocenters. The molecule has 4 aromatic rings. The van der Waals surface area contributed by atoms with Gasteiger partial charge in [0.1, 0.15) is 12.2 Å². The zero-order valence-electron chi connectivity index (χ0n) is 17.1. The van der Waals surface area contributed by atoms with Gasteiger partial charge in [0.05, 0.1) is 13.2 Å². The summed E-state index contributed by atoms with van der Waals surface area (Å²) in [5, 5.41) is 0. The molecule has 2 fully saturated rings. The Kier molecular flexibility index (Phi) is 4.56. The predicted molar refractivity (Wildman–Crippen MR) is 124 cm³/mol. The number of benzene rings is 4. The molecular weight excluding hydrogens is 382 g/mol. The average molecular weight is 405 g/mol. The molecule has 0 amide bonds. The lowest BCUT2D eigenvalue weighted by Gasteiger charge is -2.26. The van der Waals surface area contributed by atoms with Crippen LogP contribution in [0.1, 0.15) is 23.3 Å². The van der Waals surface area contributed by atoms with Gasteiger partial charge in [-0.2, -0.15) is 0 Å². The summed E-state index contributed by atoms with van der Waals surface area (Å²) in [5.74, 6) is 0. The molecule has 2 aliphatic heterocycles. The maximum atomic E-state index is 5.44. The fraction of sp³-hybridized carbons (Fsp3) is 0.143. The lowest BCUT2D eigenvalue weighted by Crippen LogP contribution is -2.10. The molecule has 0 bridgehead atoms. The highest BCUT2D eigenvalue weighted by molar-refractivity contribution is 5.78. The Hall–Kier alpha value is -3.40. The Morgan fingerprint density at radius 3 is 1.29 bits per heavy atom. The zero-order valence-corrected chi connectivity index (χ0v) is 17.1. The highest BCUT2D eigenvalue weighted by Crippen LogP contribution is 2.39. The summed E-state index contributed by atoms with van der Waals surface area (Å²) in [4.78, 5) is 2.30. The quantitative estimate of drug-likeness (QED) is 0.324. The van der Waals surface area contributed by atoms with Crippen molar-refractivity contribution in [3.63, 3.8) is 0 Å². The summed E-state index contributed by atoms with van der Waals surface area (Å²) in [6, 6.07) is 36.7. The molecule has 3 heteroatoms. The van der Waals surface area contributed by atoms with E-state index in [0.717, 1.165) is 30.3 Å². The second-order valence-electron chi connectivity index (χ2n) is 8.08. The standard InChI is InChI=1S/C28H23NO2/c1-2-4-20(5-3-1)21-6-12-24(13-7-21)29(25-14-8-22(9-15-25)27-18-30-27)26-16-10-23(11-17-26)28-19-31-28/h1-17,27-28H,18-19H2/t27-,28?/m1/s1. The molecule has 6 rings (SSSR count). The monoisotopic (exact) mass is 405 g/mol. The van der Waals surface area contributed by atoms with Crippen LogP contribution in [0.25, 0.3) is 11.1 Å². The van der Waals surface area contributed by atoms with Gasteiger partial charge in [0, 0.05) is 17.1 Å². The Morgan fingerprint density at radius 1 is 0.484 bits per heavy atom. The fourth-order valence-electron chi connectivity index (χ4n) is 4.04. The number of epoxide rings is 2. The first kappa shape index (κ1) is 18.4. The molecule has 31 heavy (non-hydrogen) atoms. The minimum absolute atomic E-state index is 0.269. The maximum absolute atomic E-state index is 5.44. The first-order valence-corrected chi connectivity index (χ1v) is 10.7. The van der Waals surface area contributed by atoms with Crippen LogP contribution in [-0.4, -0.2) is 13.2 Å². The van der Waals surface area contributed by atoms with E-state index in [1.54, 1.807) is 0 Å². The van der Waals surface area contributed by atoms with Gasteiger partial charge < -0.3 is 14.4 Å². The third kappa shape index (κ3) is 3.86. The molecule has 0 aliphatic carbocycles. The van der Waals surface area contributed by atoms with Crippen LogP contribution in [0.5, 0.6) is 0 Å². The number of ether oxygens (including phenoxy) is 2. The fourth-order valence-corrected chi connectivity index (χ4v) is 4.04. The number of hydrogen-bond acceptors (Lipinski definition) is 3. The van der Waals surface area contributed by atoms with Crippen LogP contribution in [0.2, 0.25) is 0 Å². The topological polar surface area (TPSA) is 28.3 Å². The van der Waals surface area contributed by atoms with Gasteiger partial charge in [-0.25, -0.2) is 0 Å². The van der Waals surface area contributed by atoms with Crippen LogP contribution in [0.15, 0.2) is 103 Å². The molecule has 2 heterocycles. The molecular formula is C28H23NO2. The number of rotatable bonds is 6. The molecule has 0 spiro atoms. The van der Waals surface area contributed by atoms with Crippen molar-refractivity contribution in [2.24, 2.45) is 0 Å². The van der Waals surface area contributed by atoms with E-state index in [9.17, 15) is 0 Å². The number of nitrogens with zero attached hydrogens (tertiary/aromatic N) is 1. The van der Waals surface area contributed by atoms with Crippen molar-refractivity contribution in [1.29, 1.82) is 0 Å². The van der Waals surface area contributed by atoms with Gasteiger partial charge in [0.2, 0.25) is 0 Å². The van der Waals surface area contributed by atoms with Gasteiger partial charge >= 0.3 is 0 Å². The van der Waals surface area contributed by atoms with Crippen LogP contribution in [0, 0.1) is 0 Å². The first-order chi connectivity index (χ1) is 15.3. The second-order valence-corrected chi connectivity index (χ2v) is 8.08. The van der Waals surface area contributed by atoms with E-state index in [4.69, 9.17) is 9.47 Å². The molecule has 2 atom stereocenters. The first-order valence-electron chi connectivity index (χ1n) is 10.7. The summed E-state index contributed by atoms with van der Waals surface area (Å²) in [7, 11) is 0. The van der Waals surface area contributed by atoms with Gasteiger partial charge in [0.25, 0.3) is 0 Å². The molecule has 2 saturated heterocycles. The minimum atomic E-state index is 0.269. The lowest BCUT2D eigenvalue weighted by atomic mass is 10.0. The maximum Gasteiger partial charge on any atom is 0.106 e. The van der Waals surface area contributed by atoms with Crippen molar-refractivity contribution in [2.45, 2.75) is 12.2 Å². The third-order valence-electron chi connectivity index (χ3n) is 5.95. The van der Waals surface area contributed by atoms with E-state index in [1.807, 2.05) is 6.07 Å². The average Bonchev–Trinajstić information content (AvgIpc) is 3.74. The molecule has 0 saturated carbocycles. The van der Waals surface area contributed by atoms with Crippen molar-refractivity contribution < 1.29 is 9.47 Å². The van der Waals surface area contributed by atoms with E-state index in [2.05, 4.69) is 102 Å². The summed E-state index contributed by atoms with van der Waals surface area (Å²) in [6.45, 7) is 1.66. The minimum Gasteiger partial charge on any atom is -0.368 e. The van der Waals surface area contributed by atoms with Gasteiger partial charge in [-0.3, -0.25) is 0 Å². The molecule has 0 N–H and O–H groups in total. The van der Waals surface area contributed by atoms with Crippen molar-refractivity contribution in [2.75, 3.05) is 18.1 Å². The summed E-state index contributed by atoms with van der Waals surface area (Å²) in [6.07, 6.45) is 0.538. The van der Waals surface area contributed by atoms with Gasteiger partial charge in [-0.15, -0.1) is 0 Å². The molecule has 4 aromatic carbocycles. The molecule has 2 aliphatic rings. The Bertz CT molecular complexity index is 1110. The van der Waals surface area contributed by atoms with Crippen molar-refractivity contribution >= 4 is 17.1 Å². The molecule has 0 radical (unpaired) electrons. The summed E-state index contributed by atoms with van der Waals surface area (Å²) in [5.41, 5.74) is 8.31. The third-order valence-corrected chi connectivity index (χ3v) is 5.95. The van der Waals surface area contributed by atoms with E-state index >= 15 is 0 Å². The van der Waals surface area contributed by atoms with Gasteiger partial charge in [-0.1, -0.05) is 66.7 Å². The lowest BCUT2D eigenvalue weighted by molar-refractivity contribution is 0.415. The highest BCUT2D eigenvalue weighted by Gasteiger charge is 2.26. The number of hydrogen-bond donors (Lipinski definition) is 0. The van der Waals surface area contributed by atoms with Gasteiger partial charge in [-0.05, 0) is 58.7 Å². The van der Waals surface area contributed by atoms with Gasteiger partial charge in [0.15, 0.2) is 0 Å². The Labute approximate surface area is 182 Å². The second kappa shape index (κ2) is 7.69. The Balaban J connectivity index is 1.37. The highest BCUT2D eigenvalue weighted by atomic mass is 16.6. The SMILES string of the molecule is c1ccc(-c2ccc(N(c3ccc(C4CO4)cc3)c3ccc([C@H]4CO4)cc3)cc2)cc1. The number of anilines is 3. The van der Waals surface area contributed by atoms with Crippen LogP contribution in [0.3, 0.4) is 0 Å². The molecule has 3 nitrogen and oxygen atoms in total. The van der Waals surface area contributed by atoms with E-state index in [-0.39, 0.29) is 12.2 Å². The summed E-state index contributed by atoms with van der Waals surface area (Å²) < 4.78 is 10.9. The van der Waals surface area contributed by atoms with Crippen LogP contribution < -0.4 is 4.90 Å². The van der Waals surface area contributed by atoms with E-state index in [0.29, 0.717) is 0 Å². The summed E-state index contributed by atoms with van der Waals surface area (Å²) >= 11 is 0. The van der Waals surface area contributed by atoms with Crippen LogP contribution >= 0.6 is 0 Å². The van der Waals surface area contributed by atoms with E-state index in [1.165, 1.54) is 22.3 Å². The Morgan fingerprint density at radius 2 is 0.871 bits per heavy atom. The predicted octanol–water partition coefficient (Wildman–Crippen LogP) is 6.97. The van der Waals surface area contributed by atoms with Crippen LogP contribution in [0.4, 0.5) is 17.1 Å². The van der Waals surface area contributed by atoms with E-state index < -0.39 is 0 Å². The normalized spacial score (nSPS) is 19.1. The largest absolute Gasteiger partial charge is 0.368 e. The molecule has 152 valence electrons. The molecule has 0 aromatic heterocycles. The van der Waals surface area contributed by atoms with Crippen molar-refractivity contribution in [3.05, 3.63) is 114 Å². The zero-order chi connectivity index (χ0) is 20.6. The van der Waals surface area contributed by atoms with Crippen molar-refractivity contribution in [1.82, 2.24) is 0 Å². The smallest absolute Gasteiger partial charge is 0.106 e. The van der Waals surface area contributed by atoms with Crippen LogP contribution in [-0.2, 0) is 9.47 Å².